The van der Waals surface area contributed by atoms with Crippen molar-refractivity contribution in [1.29, 1.82) is 0 Å². The van der Waals surface area contributed by atoms with Gasteiger partial charge in [-0.3, -0.25) is 0 Å². The van der Waals surface area contributed by atoms with E-state index >= 15 is 0 Å². The van der Waals surface area contributed by atoms with E-state index in [1.165, 1.54) is 17.5 Å². The lowest BCUT2D eigenvalue weighted by Crippen LogP contribution is -2.66. The Bertz CT molecular complexity index is 1060. The third-order valence-corrected chi connectivity index (χ3v) is 11.6. The van der Waals surface area contributed by atoms with Crippen molar-refractivity contribution in [1.82, 2.24) is 5.32 Å². The summed E-state index contributed by atoms with van der Waals surface area (Å²) in [5.74, 6) is 1.91. The molecule has 256 valence electrons. The molecular weight excluding hydrogens is 578 g/mol. The SMILES string of the molecule is COCOc1ccc2c(c1)C[C@H]1C(CCCOCCOCCOCCOCCO)N[C@@]34CC[C@H](OCOC)[C@@]3(C)CC[C@H]2[C@@]14C. The lowest BCUT2D eigenvalue weighted by Gasteiger charge is -2.62. The Morgan fingerprint density at radius 2 is 1.53 bits per heavy atom. The Hall–Kier alpha value is -1.34. The smallest absolute Gasteiger partial charge is 0.188 e. The maximum atomic E-state index is 8.71. The molecule has 10 nitrogen and oxygen atoms in total. The van der Waals surface area contributed by atoms with Crippen molar-refractivity contribution in [3.8, 4) is 5.75 Å². The number of nitrogens with one attached hydrogen (secondary N) is 1. The quantitative estimate of drug-likeness (QED) is 0.152. The number of hydrogen-bond donors (Lipinski definition) is 2. The van der Waals surface area contributed by atoms with E-state index in [1.807, 2.05) is 0 Å². The highest BCUT2D eigenvalue weighted by molar-refractivity contribution is 5.46. The van der Waals surface area contributed by atoms with Crippen LogP contribution in [0.5, 0.6) is 5.75 Å². The molecule has 2 N–H and O–H groups in total. The monoisotopic (exact) mass is 635 g/mol. The molecule has 1 aromatic rings. The second kappa shape index (κ2) is 16.2. The van der Waals surface area contributed by atoms with E-state index in [2.05, 4.69) is 37.4 Å². The summed E-state index contributed by atoms with van der Waals surface area (Å²) in [5, 5.41) is 13.1. The van der Waals surface area contributed by atoms with Crippen LogP contribution in [0.25, 0.3) is 0 Å². The fourth-order valence-electron chi connectivity index (χ4n) is 9.64. The van der Waals surface area contributed by atoms with Crippen LogP contribution in [0.3, 0.4) is 0 Å². The minimum atomic E-state index is 0.0152. The minimum absolute atomic E-state index is 0.0152. The molecule has 0 bridgehead atoms. The largest absolute Gasteiger partial charge is 0.468 e. The first-order chi connectivity index (χ1) is 21.9. The van der Waals surface area contributed by atoms with Crippen LogP contribution in [-0.2, 0) is 39.6 Å². The van der Waals surface area contributed by atoms with E-state index in [1.54, 1.807) is 14.2 Å². The standard InChI is InChI=1S/C35H57NO9/c1-33-11-9-29-28-8-7-27(44-24-38-3)22-26(28)23-30-31(36-35(33,34(29,30)2)12-10-32(33)45-25-39-4)6-5-14-40-16-18-42-20-21-43-19-17-41-15-13-37/h7-8,22,29-32,36-37H,5-6,9-21,23-25H2,1-4H3/t29-,30+,31?,32+,33-,34+,35+/m1/s1. The fourth-order valence-corrected chi connectivity index (χ4v) is 9.64. The van der Waals surface area contributed by atoms with Gasteiger partial charge < -0.3 is 48.3 Å². The van der Waals surface area contributed by atoms with Crippen LogP contribution in [0.4, 0.5) is 0 Å². The van der Waals surface area contributed by atoms with Crippen LogP contribution in [0, 0.1) is 16.7 Å². The van der Waals surface area contributed by atoms with Crippen LogP contribution in [-0.4, -0.2) is 110 Å². The van der Waals surface area contributed by atoms with Crippen LogP contribution >= 0.6 is 0 Å². The van der Waals surface area contributed by atoms with E-state index < -0.39 is 0 Å². The molecule has 45 heavy (non-hydrogen) atoms. The van der Waals surface area contributed by atoms with Crippen LogP contribution in [0.15, 0.2) is 18.2 Å². The summed E-state index contributed by atoms with van der Waals surface area (Å²) in [6.07, 6.45) is 7.84. The van der Waals surface area contributed by atoms with Gasteiger partial charge in [0.2, 0.25) is 0 Å². The topological polar surface area (TPSA) is 106 Å². The molecule has 1 saturated heterocycles. The first-order valence-electron chi connectivity index (χ1n) is 17.0. The molecule has 0 aromatic heterocycles. The summed E-state index contributed by atoms with van der Waals surface area (Å²) in [5.41, 5.74) is 3.13. The summed E-state index contributed by atoms with van der Waals surface area (Å²) in [6, 6.07) is 7.14. The van der Waals surface area contributed by atoms with Gasteiger partial charge >= 0.3 is 0 Å². The molecule has 4 aliphatic rings. The van der Waals surface area contributed by atoms with E-state index in [-0.39, 0.29) is 35.9 Å². The molecule has 2 saturated carbocycles. The molecule has 1 spiro atoms. The Kier molecular flexibility index (Phi) is 12.6. The summed E-state index contributed by atoms with van der Waals surface area (Å²) in [4.78, 5) is 0. The number of benzene rings is 1. The lowest BCUT2D eigenvalue weighted by molar-refractivity contribution is -0.147. The highest BCUT2D eigenvalue weighted by Crippen LogP contribution is 2.74. The van der Waals surface area contributed by atoms with Crippen molar-refractivity contribution in [3.05, 3.63) is 29.3 Å². The van der Waals surface area contributed by atoms with Gasteiger partial charge in [0.1, 0.15) is 12.5 Å². The van der Waals surface area contributed by atoms with Crippen LogP contribution < -0.4 is 10.1 Å². The average Bonchev–Trinajstić information content (AvgIpc) is 3.47. The first kappa shape index (κ1) is 35.0. The zero-order valence-electron chi connectivity index (χ0n) is 28.0. The molecule has 3 fully saturated rings. The number of methoxy groups -OCH3 is 2. The van der Waals surface area contributed by atoms with Gasteiger partial charge in [0.15, 0.2) is 6.79 Å². The van der Waals surface area contributed by atoms with Gasteiger partial charge in [0, 0.05) is 37.8 Å². The summed E-state index contributed by atoms with van der Waals surface area (Å²) in [6.45, 7) is 10.0. The van der Waals surface area contributed by atoms with Crippen molar-refractivity contribution in [2.75, 3.05) is 87.3 Å². The van der Waals surface area contributed by atoms with Gasteiger partial charge in [-0.25, -0.2) is 0 Å². The minimum Gasteiger partial charge on any atom is -0.468 e. The van der Waals surface area contributed by atoms with Crippen molar-refractivity contribution in [3.63, 3.8) is 0 Å². The Morgan fingerprint density at radius 1 is 0.844 bits per heavy atom. The molecule has 10 heteroatoms. The molecule has 7 atom stereocenters. The highest BCUT2D eigenvalue weighted by atomic mass is 16.7. The number of aliphatic hydroxyl groups excluding tert-OH is 1. The third-order valence-electron chi connectivity index (χ3n) is 11.6. The van der Waals surface area contributed by atoms with Gasteiger partial charge in [0.05, 0.1) is 59.0 Å². The third kappa shape index (κ3) is 6.96. The highest BCUT2D eigenvalue weighted by Gasteiger charge is 2.76. The van der Waals surface area contributed by atoms with E-state index in [0.29, 0.717) is 70.9 Å². The molecule has 1 unspecified atom stereocenters. The summed E-state index contributed by atoms with van der Waals surface area (Å²) >= 11 is 0. The predicted octanol–water partition coefficient (Wildman–Crippen LogP) is 4.06. The van der Waals surface area contributed by atoms with Crippen molar-refractivity contribution >= 4 is 0 Å². The number of hydrogen-bond acceptors (Lipinski definition) is 10. The van der Waals surface area contributed by atoms with Crippen LogP contribution in [0.2, 0.25) is 0 Å². The van der Waals surface area contributed by atoms with E-state index in [0.717, 1.165) is 50.9 Å². The molecule has 1 heterocycles. The Morgan fingerprint density at radius 3 is 2.22 bits per heavy atom. The lowest BCUT2D eigenvalue weighted by atomic mass is 9.43. The normalized spacial score (nSPS) is 33.2. The zero-order chi connectivity index (χ0) is 31.8. The van der Waals surface area contributed by atoms with Gasteiger partial charge in [-0.15, -0.1) is 0 Å². The predicted molar refractivity (Wildman–Crippen MR) is 170 cm³/mol. The van der Waals surface area contributed by atoms with E-state index in [4.69, 9.17) is 43.0 Å². The van der Waals surface area contributed by atoms with Gasteiger partial charge in [-0.05, 0) is 85.5 Å². The molecule has 5 rings (SSSR count). The second-order valence-corrected chi connectivity index (χ2v) is 13.6. The molecular formula is C35H57NO9. The molecule has 1 aromatic carbocycles. The van der Waals surface area contributed by atoms with Crippen LogP contribution in [0.1, 0.15) is 69.4 Å². The Balaban J connectivity index is 1.19. The maximum Gasteiger partial charge on any atom is 0.188 e. The maximum absolute atomic E-state index is 8.71. The van der Waals surface area contributed by atoms with Gasteiger partial charge in [-0.1, -0.05) is 19.9 Å². The van der Waals surface area contributed by atoms with Crippen molar-refractivity contribution in [2.24, 2.45) is 16.7 Å². The summed E-state index contributed by atoms with van der Waals surface area (Å²) in [7, 11) is 3.38. The first-order valence-corrected chi connectivity index (χ1v) is 17.0. The molecule has 3 aliphatic carbocycles. The average molecular weight is 636 g/mol. The van der Waals surface area contributed by atoms with Crippen molar-refractivity contribution < 1.29 is 43.0 Å². The van der Waals surface area contributed by atoms with Crippen molar-refractivity contribution in [2.45, 2.75) is 82.4 Å². The molecule has 0 amide bonds. The number of rotatable bonds is 21. The summed E-state index contributed by atoms with van der Waals surface area (Å²) < 4.78 is 45.1. The number of aliphatic hydroxyl groups is 1. The number of fused-ring (bicyclic) bond motifs is 2. The fraction of sp³-hybridized carbons (Fsp3) is 0.829. The zero-order valence-corrected chi connectivity index (χ0v) is 28.0. The van der Waals surface area contributed by atoms with E-state index in [9.17, 15) is 0 Å². The number of ether oxygens (including phenoxy) is 8. The Labute approximate surface area is 269 Å². The van der Waals surface area contributed by atoms with Gasteiger partial charge in [0.25, 0.3) is 0 Å². The molecule has 1 aliphatic heterocycles. The molecule has 0 radical (unpaired) electrons. The second-order valence-electron chi connectivity index (χ2n) is 13.6. The van der Waals surface area contributed by atoms with Gasteiger partial charge in [-0.2, -0.15) is 0 Å².